The molecule has 116 valence electrons. The van der Waals surface area contributed by atoms with E-state index in [4.69, 9.17) is 9.84 Å². The number of amides is 2. The lowest BCUT2D eigenvalue weighted by Crippen LogP contribution is -2.40. The fraction of sp³-hybridized carbons (Fsp3) is 0.400. The average Bonchev–Trinajstić information content (AvgIpc) is 2.53. The molecule has 1 saturated heterocycles. The van der Waals surface area contributed by atoms with Crippen LogP contribution in [0.1, 0.15) is 23.2 Å². The minimum Gasteiger partial charge on any atom is -0.482 e. The van der Waals surface area contributed by atoms with Crippen molar-refractivity contribution in [1.82, 2.24) is 4.90 Å². The van der Waals surface area contributed by atoms with Crippen molar-refractivity contribution in [3.05, 3.63) is 23.8 Å². The summed E-state index contributed by atoms with van der Waals surface area (Å²) in [6.07, 6.45) is 0.928. The van der Waals surface area contributed by atoms with E-state index in [2.05, 4.69) is 5.32 Å². The molecule has 2 amide bonds. The number of nitrogens with zero attached hydrogens (tertiary/aromatic N) is 1. The minimum absolute atomic E-state index is 0.0248. The lowest BCUT2D eigenvalue weighted by atomic mass is 9.96. The maximum Gasteiger partial charge on any atom is 0.306 e. The van der Waals surface area contributed by atoms with Crippen LogP contribution < -0.4 is 10.1 Å². The van der Waals surface area contributed by atoms with Crippen molar-refractivity contribution in [2.75, 3.05) is 25.0 Å². The number of fused-ring (bicyclic) bond motifs is 1. The lowest BCUT2D eigenvalue weighted by molar-refractivity contribution is -0.143. The fourth-order valence-electron chi connectivity index (χ4n) is 2.73. The van der Waals surface area contributed by atoms with E-state index in [0.717, 1.165) is 0 Å². The summed E-state index contributed by atoms with van der Waals surface area (Å²) in [7, 11) is 0. The van der Waals surface area contributed by atoms with Crippen LogP contribution in [-0.4, -0.2) is 47.5 Å². The van der Waals surface area contributed by atoms with Crippen LogP contribution in [0, 0.1) is 5.92 Å². The van der Waals surface area contributed by atoms with Crippen molar-refractivity contribution in [2.45, 2.75) is 12.8 Å². The zero-order valence-electron chi connectivity index (χ0n) is 11.9. The first kappa shape index (κ1) is 14.4. The minimum atomic E-state index is -0.805. The molecular weight excluding hydrogens is 288 g/mol. The van der Waals surface area contributed by atoms with Crippen molar-refractivity contribution in [2.24, 2.45) is 5.92 Å². The van der Waals surface area contributed by atoms with Gasteiger partial charge in [0, 0.05) is 18.7 Å². The number of carbonyl (C=O) groups excluding carboxylic acids is 2. The van der Waals surface area contributed by atoms with Crippen LogP contribution in [0.15, 0.2) is 18.2 Å². The third-order valence-corrected chi connectivity index (χ3v) is 3.99. The summed E-state index contributed by atoms with van der Waals surface area (Å²) in [6, 6.07) is 4.91. The Balaban J connectivity index is 1.72. The van der Waals surface area contributed by atoms with Gasteiger partial charge in [-0.15, -0.1) is 0 Å². The van der Waals surface area contributed by atoms with Crippen LogP contribution >= 0.6 is 0 Å². The largest absolute Gasteiger partial charge is 0.482 e. The fourth-order valence-corrected chi connectivity index (χ4v) is 2.73. The van der Waals surface area contributed by atoms with Crippen LogP contribution in [0.2, 0.25) is 0 Å². The number of rotatable bonds is 2. The van der Waals surface area contributed by atoms with Crippen molar-refractivity contribution in [3.63, 3.8) is 0 Å². The quantitative estimate of drug-likeness (QED) is 0.848. The lowest BCUT2D eigenvalue weighted by Gasteiger charge is -2.30. The van der Waals surface area contributed by atoms with E-state index >= 15 is 0 Å². The van der Waals surface area contributed by atoms with E-state index in [1.165, 1.54) is 0 Å². The second-order valence-electron chi connectivity index (χ2n) is 5.45. The Kier molecular flexibility index (Phi) is 3.70. The molecule has 1 aromatic carbocycles. The first-order valence-electron chi connectivity index (χ1n) is 7.13. The van der Waals surface area contributed by atoms with Gasteiger partial charge in [-0.25, -0.2) is 0 Å². The highest BCUT2D eigenvalue weighted by Crippen LogP contribution is 2.29. The van der Waals surface area contributed by atoms with Crippen LogP contribution in [0.3, 0.4) is 0 Å². The summed E-state index contributed by atoms with van der Waals surface area (Å²) in [5, 5.41) is 11.6. The number of piperidine rings is 1. The molecule has 1 aromatic rings. The van der Waals surface area contributed by atoms with Gasteiger partial charge in [0.25, 0.3) is 11.8 Å². The number of carboxylic acids is 1. The van der Waals surface area contributed by atoms with E-state index in [-0.39, 0.29) is 24.3 Å². The summed E-state index contributed by atoms with van der Waals surface area (Å²) < 4.78 is 5.25. The normalized spacial score (nSPS) is 18.2. The van der Waals surface area contributed by atoms with Crippen molar-refractivity contribution in [1.29, 1.82) is 0 Å². The van der Waals surface area contributed by atoms with Gasteiger partial charge in [-0.05, 0) is 31.0 Å². The molecule has 2 aliphatic heterocycles. The van der Waals surface area contributed by atoms with Gasteiger partial charge < -0.3 is 20.1 Å². The molecule has 22 heavy (non-hydrogen) atoms. The maximum absolute atomic E-state index is 12.5. The number of benzene rings is 1. The monoisotopic (exact) mass is 304 g/mol. The molecule has 7 nitrogen and oxygen atoms in total. The van der Waals surface area contributed by atoms with Crippen molar-refractivity contribution < 1.29 is 24.2 Å². The Morgan fingerprint density at radius 2 is 2.00 bits per heavy atom. The molecule has 0 atom stereocenters. The number of carbonyl (C=O) groups is 3. The molecule has 0 unspecified atom stereocenters. The molecule has 0 spiro atoms. The highest BCUT2D eigenvalue weighted by atomic mass is 16.5. The zero-order chi connectivity index (χ0) is 15.7. The molecule has 2 N–H and O–H groups in total. The summed E-state index contributed by atoms with van der Waals surface area (Å²) in [5.41, 5.74) is 0.945. The molecule has 2 heterocycles. The number of ether oxygens (including phenoxy) is 1. The standard InChI is InChI=1S/C15H16N2O5/c18-13-8-22-12-2-1-10(7-11(12)16-13)14(19)17-5-3-9(4-6-17)15(20)21/h1-2,7,9H,3-6,8H2,(H,16,18)(H,20,21). The van der Waals surface area contributed by atoms with Crippen LogP contribution in [0.25, 0.3) is 0 Å². The molecule has 0 saturated carbocycles. The number of hydrogen-bond acceptors (Lipinski definition) is 4. The Morgan fingerprint density at radius 3 is 2.68 bits per heavy atom. The Morgan fingerprint density at radius 1 is 1.27 bits per heavy atom. The first-order chi connectivity index (χ1) is 10.5. The summed E-state index contributed by atoms with van der Waals surface area (Å²) in [4.78, 5) is 36.4. The summed E-state index contributed by atoms with van der Waals surface area (Å²) in [5.74, 6) is -1.05. The molecule has 3 rings (SSSR count). The predicted molar refractivity (Wildman–Crippen MR) is 76.8 cm³/mol. The smallest absolute Gasteiger partial charge is 0.306 e. The predicted octanol–water partition coefficient (Wildman–Crippen LogP) is 0.954. The molecule has 0 aliphatic carbocycles. The molecule has 7 heteroatoms. The first-order valence-corrected chi connectivity index (χ1v) is 7.13. The number of anilines is 1. The van der Waals surface area contributed by atoms with Gasteiger partial charge in [-0.3, -0.25) is 14.4 Å². The van der Waals surface area contributed by atoms with Crippen molar-refractivity contribution >= 4 is 23.5 Å². The second-order valence-corrected chi connectivity index (χ2v) is 5.45. The molecule has 2 aliphatic rings. The van der Waals surface area contributed by atoms with Gasteiger partial charge in [0.2, 0.25) is 0 Å². The number of carboxylic acid groups (broad SMARTS) is 1. The van der Waals surface area contributed by atoms with Gasteiger partial charge >= 0.3 is 5.97 Å². The Bertz CT molecular complexity index is 635. The van der Waals surface area contributed by atoms with E-state index < -0.39 is 5.97 Å². The number of nitrogens with one attached hydrogen (secondary N) is 1. The van der Waals surface area contributed by atoms with E-state index in [1.54, 1.807) is 23.1 Å². The highest BCUT2D eigenvalue weighted by molar-refractivity contribution is 5.99. The van der Waals surface area contributed by atoms with E-state index in [1.807, 2.05) is 0 Å². The molecule has 0 bridgehead atoms. The number of hydrogen-bond donors (Lipinski definition) is 2. The topological polar surface area (TPSA) is 95.9 Å². The van der Waals surface area contributed by atoms with E-state index in [9.17, 15) is 14.4 Å². The number of likely N-dealkylation sites (tertiary alicyclic amines) is 1. The SMILES string of the molecule is O=C1COc2ccc(C(=O)N3CCC(C(=O)O)CC3)cc2N1. The second kappa shape index (κ2) is 5.67. The highest BCUT2D eigenvalue weighted by Gasteiger charge is 2.28. The molecular formula is C15H16N2O5. The van der Waals surface area contributed by atoms with Gasteiger partial charge in [0.05, 0.1) is 11.6 Å². The Labute approximate surface area is 126 Å². The van der Waals surface area contributed by atoms with Crippen LogP contribution in [0.5, 0.6) is 5.75 Å². The molecule has 0 radical (unpaired) electrons. The Hall–Kier alpha value is -2.57. The van der Waals surface area contributed by atoms with Gasteiger partial charge in [-0.2, -0.15) is 0 Å². The maximum atomic E-state index is 12.5. The average molecular weight is 304 g/mol. The summed E-state index contributed by atoms with van der Waals surface area (Å²) >= 11 is 0. The molecule has 0 aromatic heterocycles. The van der Waals surface area contributed by atoms with Crippen molar-refractivity contribution in [3.8, 4) is 5.75 Å². The van der Waals surface area contributed by atoms with Crippen LogP contribution in [-0.2, 0) is 9.59 Å². The third kappa shape index (κ3) is 2.74. The van der Waals surface area contributed by atoms with Gasteiger partial charge in [0.1, 0.15) is 5.75 Å². The zero-order valence-corrected chi connectivity index (χ0v) is 11.9. The molecule has 1 fully saturated rings. The van der Waals surface area contributed by atoms with Gasteiger partial charge in [-0.1, -0.05) is 0 Å². The van der Waals surface area contributed by atoms with Crippen LogP contribution in [0.4, 0.5) is 5.69 Å². The summed E-state index contributed by atoms with van der Waals surface area (Å²) in [6.45, 7) is 0.828. The van der Waals surface area contributed by atoms with E-state index in [0.29, 0.717) is 42.9 Å². The number of aliphatic carboxylic acids is 1. The van der Waals surface area contributed by atoms with Gasteiger partial charge in [0.15, 0.2) is 6.61 Å². The third-order valence-electron chi connectivity index (χ3n) is 3.99.